The van der Waals surface area contributed by atoms with Crippen molar-refractivity contribution in [3.63, 3.8) is 0 Å². The molecule has 0 fully saturated rings. The zero-order valence-corrected chi connectivity index (χ0v) is 7.46. The normalized spacial score (nSPS) is 8.33. The summed E-state index contributed by atoms with van der Waals surface area (Å²) in [6.07, 6.45) is 0. The van der Waals surface area contributed by atoms with Gasteiger partial charge in [0.05, 0.1) is 0 Å². The summed E-state index contributed by atoms with van der Waals surface area (Å²) < 4.78 is 0. The van der Waals surface area contributed by atoms with Crippen LogP contribution in [0, 0.1) is 12.1 Å². The fourth-order valence-electron chi connectivity index (χ4n) is 0.997. The Kier molecular flexibility index (Phi) is 5.48. The first-order chi connectivity index (χ1) is 4.97. The number of hydrogen-bond acceptors (Lipinski definition) is 0. The maximum absolute atomic E-state index is 3.10. The molecule has 0 bridgehead atoms. The standard InChI is InChI=1S/C10H6.2Li/c1-2-6-10-8-4-3-7-9(10)5-1;;/h1-5,7H;;/q-2;2*+1. The average Bonchev–Trinajstić information content (AvgIpc) is 2.05. The van der Waals surface area contributed by atoms with Crippen molar-refractivity contribution in [3.05, 3.63) is 48.5 Å². The van der Waals surface area contributed by atoms with E-state index >= 15 is 0 Å². The van der Waals surface area contributed by atoms with E-state index in [0.717, 1.165) is 5.39 Å². The summed E-state index contributed by atoms with van der Waals surface area (Å²) in [5.41, 5.74) is 0. The molecule has 0 atom stereocenters. The molecule has 0 nitrogen and oxygen atoms in total. The third-order valence-corrected chi connectivity index (χ3v) is 1.49. The van der Waals surface area contributed by atoms with Gasteiger partial charge in [-0.15, -0.1) is 6.07 Å². The maximum atomic E-state index is 3.10. The molecule has 0 aliphatic heterocycles. The summed E-state index contributed by atoms with van der Waals surface area (Å²) in [5, 5.41) is 2.26. The largest absolute Gasteiger partial charge is 1.00 e. The van der Waals surface area contributed by atoms with Crippen molar-refractivity contribution in [2.45, 2.75) is 0 Å². The van der Waals surface area contributed by atoms with E-state index in [4.69, 9.17) is 0 Å². The van der Waals surface area contributed by atoms with Crippen LogP contribution in [0.3, 0.4) is 0 Å². The molecule has 0 spiro atoms. The van der Waals surface area contributed by atoms with Crippen LogP contribution in [-0.2, 0) is 0 Å². The molecule has 12 heavy (non-hydrogen) atoms. The zero-order chi connectivity index (χ0) is 6.81. The topological polar surface area (TPSA) is 0 Å². The van der Waals surface area contributed by atoms with Gasteiger partial charge in [-0.1, -0.05) is 6.07 Å². The van der Waals surface area contributed by atoms with Crippen molar-refractivity contribution in [3.8, 4) is 0 Å². The van der Waals surface area contributed by atoms with Crippen LogP contribution in [0.4, 0.5) is 0 Å². The van der Waals surface area contributed by atoms with Gasteiger partial charge in [-0.05, 0) is 0 Å². The Bertz CT molecular complexity index is 279. The van der Waals surface area contributed by atoms with Crippen LogP contribution in [0.15, 0.2) is 36.4 Å². The molecule has 0 aliphatic rings. The quantitative estimate of drug-likeness (QED) is 0.262. The molecule has 2 aromatic rings. The van der Waals surface area contributed by atoms with Crippen LogP contribution >= 0.6 is 0 Å². The summed E-state index contributed by atoms with van der Waals surface area (Å²) >= 11 is 0. The van der Waals surface area contributed by atoms with Crippen LogP contribution in [0.2, 0.25) is 0 Å². The molecule has 0 amide bonds. The molecular weight excluding hydrogens is 134 g/mol. The van der Waals surface area contributed by atoms with Crippen LogP contribution < -0.4 is 37.7 Å². The molecule has 0 N–H and O–H groups in total. The van der Waals surface area contributed by atoms with Gasteiger partial charge < -0.3 is 0 Å². The van der Waals surface area contributed by atoms with E-state index < -0.39 is 0 Å². The molecule has 0 aromatic heterocycles. The van der Waals surface area contributed by atoms with Gasteiger partial charge in [-0.25, -0.2) is 23.6 Å². The van der Waals surface area contributed by atoms with E-state index in [0.29, 0.717) is 0 Å². The molecule has 48 valence electrons. The smallest absolute Gasteiger partial charge is 0.286 e. The van der Waals surface area contributed by atoms with Gasteiger partial charge in [0.1, 0.15) is 0 Å². The van der Waals surface area contributed by atoms with Gasteiger partial charge in [0, 0.05) is 0 Å². The van der Waals surface area contributed by atoms with Crippen molar-refractivity contribution in [2.24, 2.45) is 0 Å². The van der Waals surface area contributed by atoms with Crippen molar-refractivity contribution < 1.29 is 37.7 Å². The second-order valence-electron chi connectivity index (χ2n) is 2.17. The van der Waals surface area contributed by atoms with Gasteiger partial charge in [-0.2, -0.15) is 6.07 Å². The van der Waals surface area contributed by atoms with E-state index in [1.54, 1.807) is 0 Å². The Morgan fingerprint density at radius 2 is 1.33 bits per heavy atom. The molecule has 0 saturated heterocycles. The van der Waals surface area contributed by atoms with E-state index in [-0.39, 0.29) is 37.7 Å². The van der Waals surface area contributed by atoms with E-state index in [9.17, 15) is 0 Å². The Hall–Kier alpha value is -0.105. The predicted octanol–water partition coefficient (Wildman–Crippen LogP) is -3.55. The molecule has 0 aliphatic carbocycles. The molecule has 2 heteroatoms. The van der Waals surface area contributed by atoms with Crippen LogP contribution in [-0.4, -0.2) is 0 Å². The Labute approximate surface area is 96.7 Å². The molecule has 0 heterocycles. The minimum absolute atomic E-state index is 0. The molecule has 0 unspecified atom stereocenters. The first-order valence-corrected chi connectivity index (χ1v) is 3.24. The summed E-state index contributed by atoms with van der Waals surface area (Å²) in [4.78, 5) is 0. The summed E-state index contributed by atoms with van der Waals surface area (Å²) in [6, 6.07) is 18.1. The number of hydrogen-bond donors (Lipinski definition) is 0. The predicted molar refractivity (Wildman–Crippen MR) is 41.6 cm³/mol. The number of fused-ring (bicyclic) bond motifs is 1. The minimum atomic E-state index is 0. The second kappa shape index (κ2) is 5.52. The molecular formula is C10H6Li2. The minimum Gasteiger partial charge on any atom is -0.286 e. The van der Waals surface area contributed by atoms with Crippen molar-refractivity contribution in [2.75, 3.05) is 0 Å². The second-order valence-corrected chi connectivity index (χ2v) is 2.17. The molecule has 0 radical (unpaired) electrons. The third kappa shape index (κ3) is 2.44. The van der Waals surface area contributed by atoms with E-state index in [1.165, 1.54) is 5.39 Å². The van der Waals surface area contributed by atoms with Gasteiger partial charge in [-0.3, -0.25) is 17.5 Å². The van der Waals surface area contributed by atoms with Crippen molar-refractivity contribution >= 4 is 10.8 Å². The van der Waals surface area contributed by atoms with Crippen LogP contribution in [0.5, 0.6) is 0 Å². The van der Waals surface area contributed by atoms with E-state index in [2.05, 4.69) is 24.3 Å². The molecule has 2 aromatic carbocycles. The first-order valence-electron chi connectivity index (χ1n) is 3.24. The third-order valence-electron chi connectivity index (χ3n) is 1.49. The monoisotopic (exact) mass is 140 g/mol. The fraction of sp³-hybridized carbons (Fsp3) is 0. The summed E-state index contributed by atoms with van der Waals surface area (Å²) in [5.74, 6) is 0. The first kappa shape index (κ1) is 11.9. The Morgan fingerprint density at radius 1 is 0.833 bits per heavy atom. The molecule has 2 rings (SSSR count). The Balaban J connectivity index is 0.000000605. The SMILES string of the molecule is [Li+].[Li+].[c-]1cccc2ccc[c-]c12. The van der Waals surface area contributed by atoms with Gasteiger partial charge in [0.15, 0.2) is 0 Å². The average molecular weight is 140 g/mol. The van der Waals surface area contributed by atoms with Crippen LogP contribution in [0.1, 0.15) is 0 Å². The number of rotatable bonds is 0. The molecule has 0 saturated carbocycles. The van der Waals surface area contributed by atoms with E-state index in [1.807, 2.05) is 24.3 Å². The van der Waals surface area contributed by atoms with Gasteiger partial charge >= 0.3 is 37.7 Å². The van der Waals surface area contributed by atoms with Crippen LogP contribution in [0.25, 0.3) is 10.8 Å². The summed E-state index contributed by atoms with van der Waals surface area (Å²) in [6.45, 7) is 0. The van der Waals surface area contributed by atoms with Crippen molar-refractivity contribution in [1.82, 2.24) is 0 Å². The fourth-order valence-corrected chi connectivity index (χ4v) is 0.997. The van der Waals surface area contributed by atoms with Gasteiger partial charge in [0.25, 0.3) is 0 Å². The maximum Gasteiger partial charge on any atom is 1.00 e. The van der Waals surface area contributed by atoms with Crippen molar-refractivity contribution in [1.29, 1.82) is 0 Å². The van der Waals surface area contributed by atoms with Gasteiger partial charge in [0.2, 0.25) is 0 Å². The Morgan fingerprint density at radius 3 is 1.75 bits per heavy atom. The zero-order valence-electron chi connectivity index (χ0n) is 7.46. The summed E-state index contributed by atoms with van der Waals surface area (Å²) in [7, 11) is 0. The number of benzene rings is 2.